The van der Waals surface area contributed by atoms with Crippen molar-refractivity contribution >= 4 is 34.2 Å². The highest BCUT2D eigenvalue weighted by Gasteiger charge is 2.14. The van der Waals surface area contributed by atoms with Crippen molar-refractivity contribution in [2.24, 2.45) is 0 Å². The van der Waals surface area contributed by atoms with Crippen molar-refractivity contribution in [2.75, 3.05) is 5.32 Å². The zero-order valence-electron chi connectivity index (χ0n) is 11.4. The second kappa shape index (κ2) is 6.74. The Morgan fingerprint density at radius 3 is 2.55 bits per heavy atom. The molecule has 1 atom stereocenters. The average molecular weight is 381 g/mol. The molecule has 0 heterocycles. The molecule has 2 aromatic carbocycles. The number of anilines is 1. The first-order valence-corrected chi connectivity index (χ1v) is 7.43. The summed E-state index contributed by atoms with van der Waals surface area (Å²) in [6, 6.07) is 15.2. The smallest absolute Gasteiger partial charge is 0.265 e. The minimum absolute atomic E-state index is 0.159. The summed E-state index contributed by atoms with van der Waals surface area (Å²) in [6.07, 6.45) is -0.545. The van der Waals surface area contributed by atoms with Crippen LogP contribution >= 0.6 is 22.6 Å². The van der Waals surface area contributed by atoms with E-state index in [0.717, 1.165) is 9.26 Å². The minimum Gasteiger partial charge on any atom is -0.481 e. The first kappa shape index (κ1) is 14.8. The Hall–Kier alpha value is -1.56. The molecule has 0 aliphatic carbocycles. The lowest BCUT2D eigenvalue weighted by Gasteiger charge is -2.15. The quantitative estimate of drug-likeness (QED) is 0.813. The summed E-state index contributed by atoms with van der Waals surface area (Å²) in [5.41, 5.74) is 1.98. The molecule has 1 amide bonds. The first-order chi connectivity index (χ1) is 9.56. The molecule has 3 nitrogen and oxygen atoms in total. The molecule has 0 aromatic heterocycles. The summed E-state index contributed by atoms with van der Waals surface area (Å²) in [5, 5.41) is 2.86. The lowest BCUT2D eigenvalue weighted by molar-refractivity contribution is -0.122. The van der Waals surface area contributed by atoms with Crippen molar-refractivity contribution < 1.29 is 9.53 Å². The fraction of sp³-hybridized carbons (Fsp3) is 0.188. The molecule has 0 aliphatic rings. The number of carbonyl (C=O) groups is 1. The maximum Gasteiger partial charge on any atom is 0.265 e. The van der Waals surface area contributed by atoms with Gasteiger partial charge < -0.3 is 10.1 Å². The van der Waals surface area contributed by atoms with E-state index in [1.54, 1.807) is 6.92 Å². The van der Waals surface area contributed by atoms with E-state index in [9.17, 15) is 4.79 Å². The van der Waals surface area contributed by atoms with Crippen LogP contribution in [0, 0.1) is 10.5 Å². The molecule has 0 fully saturated rings. The number of carbonyl (C=O) groups excluding carboxylic acids is 1. The van der Waals surface area contributed by atoms with Crippen LogP contribution in [-0.2, 0) is 4.79 Å². The van der Waals surface area contributed by atoms with E-state index in [-0.39, 0.29) is 5.91 Å². The number of hydrogen-bond acceptors (Lipinski definition) is 2. The van der Waals surface area contributed by atoms with Crippen LogP contribution in [0.5, 0.6) is 5.75 Å². The largest absolute Gasteiger partial charge is 0.481 e. The van der Waals surface area contributed by atoms with Crippen LogP contribution in [0.25, 0.3) is 0 Å². The van der Waals surface area contributed by atoms with Crippen LogP contribution < -0.4 is 10.1 Å². The van der Waals surface area contributed by atoms with Gasteiger partial charge in [-0.25, -0.2) is 0 Å². The molecule has 0 spiro atoms. The molecule has 0 aliphatic heterocycles. The van der Waals surface area contributed by atoms with E-state index in [1.165, 1.54) is 5.56 Å². The SMILES string of the molecule is Cc1ccc(NC(=O)[C@H](C)Oc2ccccc2)cc1I. The van der Waals surface area contributed by atoms with Crippen molar-refractivity contribution in [3.63, 3.8) is 0 Å². The highest BCUT2D eigenvalue weighted by molar-refractivity contribution is 14.1. The molecule has 0 unspecified atom stereocenters. The Morgan fingerprint density at radius 2 is 1.90 bits per heavy atom. The minimum atomic E-state index is -0.545. The van der Waals surface area contributed by atoms with Crippen molar-refractivity contribution in [2.45, 2.75) is 20.0 Å². The number of aryl methyl sites for hydroxylation is 1. The molecule has 0 saturated carbocycles. The summed E-state index contributed by atoms with van der Waals surface area (Å²) < 4.78 is 6.71. The maximum absolute atomic E-state index is 12.1. The van der Waals surface area contributed by atoms with E-state index in [2.05, 4.69) is 27.9 Å². The Labute approximate surface area is 132 Å². The molecule has 2 aromatic rings. The lowest BCUT2D eigenvalue weighted by atomic mass is 10.2. The van der Waals surface area contributed by atoms with E-state index < -0.39 is 6.10 Å². The van der Waals surface area contributed by atoms with Gasteiger partial charge in [0, 0.05) is 9.26 Å². The van der Waals surface area contributed by atoms with Gasteiger partial charge in [0.05, 0.1) is 0 Å². The Kier molecular flexibility index (Phi) is 5.00. The Bertz CT molecular complexity index is 599. The van der Waals surface area contributed by atoms with Gasteiger partial charge in [-0.3, -0.25) is 4.79 Å². The van der Waals surface area contributed by atoms with Crippen LogP contribution in [0.4, 0.5) is 5.69 Å². The van der Waals surface area contributed by atoms with Crippen molar-refractivity contribution in [1.29, 1.82) is 0 Å². The number of ether oxygens (including phenoxy) is 1. The summed E-state index contributed by atoms with van der Waals surface area (Å²) >= 11 is 2.25. The molecule has 0 saturated heterocycles. The van der Waals surface area contributed by atoms with E-state index >= 15 is 0 Å². The lowest BCUT2D eigenvalue weighted by Crippen LogP contribution is -2.30. The van der Waals surface area contributed by atoms with Crippen LogP contribution in [-0.4, -0.2) is 12.0 Å². The van der Waals surface area contributed by atoms with Gasteiger partial charge in [0.25, 0.3) is 5.91 Å². The van der Waals surface area contributed by atoms with E-state index in [4.69, 9.17) is 4.74 Å². The molecule has 20 heavy (non-hydrogen) atoms. The molecule has 104 valence electrons. The summed E-state index contributed by atoms with van der Waals surface area (Å²) in [7, 11) is 0. The number of rotatable bonds is 4. The van der Waals surface area contributed by atoms with E-state index in [1.807, 2.05) is 55.5 Å². The first-order valence-electron chi connectivity index (χ1n) is 6.35. The summed E-state index contributed by atoms with van der Waals surface area (Å²) in [5.74, 6) is 0.530. The fourth-order valence-corrected chi connectivity index (χ4v) is 2.19. The monoisotopic (exact) mass is 381 g/mol. The zero-order chi connectivity index (χ0) is 14.5. The maximum atomic E-state index is 12.1. The highest BCUT2D eigenvalue weighted by Crippen LogP contribution is 2.18. The van der Waals surface area contributed by atoms with Gasteiger partial charge in [-0.1, -0.05) is 24.3 Å². The second-order valence-corrected chi connectivity index (χ2v) is 5.69. The van der Waals surface area contributed by atoms with Gasteiger partial charge >= 0.3 is 0 Å². The fourth-order valence-electron chi connectivity index (χ4n) is 1.67. The summed E-state index contributed by atoms with van der Waals surface area (Å²) in [4.78, 5) is 12.1. The standard InChI is InChI=1S/C16H16INO2/c1-11-8-9-13(10-15(11)17)18-16(19)12(2)20-14-6-4-3-5-7-14/h3-10,12H,1-2H3,(H,18,19)/t12-/m0/s1. The van der Waals surface area contributed by atoms with Gasteiger partial charge in [0.1, 0.15) is 5.75 Å². The predicted molar refractivity (Wildman–Crippen MR) is 89.1 cm³/mol. The van der Waals surface area contributed by atoms with E-state index in [0.29, 0.717) is 5.75 Å². The number of nitrogens with one attached hydrogen (secondary N) is 1. The molecular weight excluding hydrogens is 365 g/mol. The van der Waals surface area contributed by atoms with Gasteiger partial charge in [-0.05, 0) is 66.3 Å². The number of amides is 1. The van der Waals surface area contributed by atoms with Gasteiger partial charge in [-0.15, -0.1) is 0 Å². The number of para-hydroxylation sites is 1. The molecule has 0 bridgehead atoms. The Morgan fingerprint density at radius 1 is 1.20 bits per heavy atom. The van der Waals surface area contributed by atoms with Crippen molar-refractivity contribution in [3.8, 4) is 5.75 Å². The number of halogens is 1. The van der Waals surface area contributed by atoms with Gasteiger partial charge in [0.15, 0.2) is 6.10 Å². The second-order valence-electron chi connectivity index (χ2n) is 4.53. The van der Waals surface area contributed by atoms with Crippen LogP contribution in [0.15, 0.2) is 48.5 Å². The van der Waals surface area contributed by atoms with Gasteiger partial charge in [-0.2, -0.15) is 0 Å². The van der Waals surface area contributed by atoms with Crippen LogP contribution in [0.2, 0.25) is 0 Å². The van der Waals surface area contributed by atoms with Crippen LogP contribution in [0.3, 0.4) is 0 Å². The predicted octanol–water partition coefficient (Wildman–Crippen LogP) is 4.01. The molecule has 4 heteroatoms. The van der Waals surface area contributed by atoms with Crippen molar-refractivity contribution in [1.82, 2.24) is 0 Å². The number of benzene rings is 2. The average Bonchev–Trinajstić information content (AvgIpc) is 2.44. The number of hydrogen-bond donors (Lipinski definition) is 1. The van der Waals surface area contributed by atoms with Crippen molar-refractivity contribution in [3.05, 3.63) is 57.7 Å². The van der Waals surface area contributed by atoms with Crippen LogP contribution in [0.1, 0.15) is 12.5 Å². The molecule has 2 rings (SSSR count). The zero-order valence-corrected chi connectivity index (χ0v) is 13.5. The third-order valence-corrected chi connectivity index (χ3v) is 4.03. The van der Waals surface area contributed by atoms with Gasteiger partial charge in [0.2, 0.25) is 0 Å². The highest BCUT2D eigenvalue weighted by atomic mass is 127. The Balaban J connectivity index is 1.99. The topological polar surface area (TPSA) is 38.3 Å². The summed E-state index contributed by atoms with van der Waals surface area (Å²) in [6.45, 7) is 3.77. The third kappa shape index (κ3) is 3.96. The third-order valence-electron chi connectivity index (χ3n) is 2.86. The normalized spacial score (nSPS) is 11.8. The molecular formula is C16H16INO2. The molecule has 0 radical (unpaired) electrons. The molecule has 1 N–H and O–H groups in total.